The summed E-state index contributed by atoms with van der Waals surface area (Å²) in [5.41, 5.74) is 1.87. The van der Waals surface area contributed by atoms with Crippen LogP contribution in [-0.4, -0.2) is 6.10 Å². The van der Waals surface area contributed by atoms with Crippen LogP contribution in [0.25, 0.3) is 0 Å². The van der Waals surface area contributed by atoms with Crippen molar-refractivity contribution in [3.63, 3.8) is 0 Å². The smallest absolute Gasteiger partial charge is 0.123 e. The van der Waals surface area contributed by atoms with Crippen LogP contribution in [-0.2, 0) is 6.54 Å². The van der Waals surface area contributed by atoms with Gasteiger partial charge in [0.2, 0.25) is 0 Å². The molecule has 2 aromatic carbocycles. The van der Waals surface area contributed by atoms with Gasteiger partial charge in [0.05, 0.1) is 6.10 Å². The van der Waals surface area contributed by atoms with Crippen molar-refractivity contribution in [1.29, 1.82) is 0 Å². The quantitative estimate of drug-likeness (QED) is 0.867. The molecule has 100 valence electrons. The first-order chi connectivity index (χ1) is 9.13. The molecule has 0 unspecified atom stereocenters. The van der Waals surface area contributed by atoms with Crippen LogP contribution < -0.4 is 10.1 Å². The summed E-state index contributed by atoms with van der Waals surface area (Å²) in [6, 6.07) is 14.3. The van der Waals surface area contributed by atoms with Gasteiger partial charge in [0.25, 0.3) is 0 Å². The van der Waals surface area contributed by atoms with Crippen LogP contribution in [0.15, 0.2) is 48.5 Å². The summed E-state index contributed by atoms with van der Waals surface area (Å²) in [6.07, 6.45) is 0.151. The van der Waals surface area contributed by atoms with Crippen LogP contribution in [0.1, 0.15) is 19.4 Å². The molecule has 0 aliphatic carbocycles. The zero-order valence-electron chi connectivity index (χ0n) is 11.2. The Kier molecular flexibility index (Phi) is 4.39. The lowest BCUT2D eigenvalue weighted by molar-refractivity contribution is 0.242. The van der Waals surface area contributed by atoms with Gasteiger partial charge in [-0.25, -0.2) is 4.39 Å². The van der Waals surface area contributed by atoms with Gasteiger partial charge in [-0.15, -0.1) is 0 Å². The Morgan fingerprint density at radius 1 is 1.11 bits per heavy atom. The lowest BCUT2D eigenvalue weighted by Gasteiger charge is -2.12. The number of hydrogen-bond donors (Lipinski definition) is 1. The average molecular weight is 259 g/mol. The minimum Gasteiger partial charge on any atom is -0.491 e. The zero-order valence-corrected chi connectivity index (χ0v) is 11.2. The molecule has 0 aliphatic rings. The van der Waals surface area contributed by atoms with Crippen LogP contribution in [0.5, 0.6) is 5.75 Å². The van der Waals surface area contributed by atoms with Gasteiger partial charge in [-0.05, 0) is 43.7 Å². The maximum atomic E-state index is 13.1. The summed E-state index contributed by atoms with van der Waals surface area (Å²) in [4.78, 5) is 0. The predicted octanol–water partition coefficient (Wildman–Crippen LogP) is 4.23. The molecule has 0 atom stereocenters. The van der Waals surface area contributed by atoms with Crippen molar-refractivity contribution in [3.05, 3.63) is 59.9 Å². The number of ether oxygens (including phenoxy) is 1. The second kappa shape index (κ2) is 6.23. The lowest BCUT2D eigenvalue weighted by Crippen LogP contribution is -2.06. The Hall–Kier alpha value is -2.03. The molecular formula is C16H18FNO. The van der Waals surface area contributed by atoms with Gasteiger partial charge in [-0.3, -0.25) is 0 Å². The highest BCUT2D eigenvalue weighted by molar-refractivity contribution is 5.48. The number of nitrogens with one attached hydrogen (secondary N) is 1. The van der Waals surface area contributed by atoms with Gasteiger partial charge in [0, 0.05) is 18.3 Å². The molecule has 3 heteroatoms. The van der Waals surface area contributed by atoms with E-state index in [1.807, 2.05) is 44.2 Å². The minimum atomic E-state index is -0.212. The van der Waals surface area contributed by atoms with Crippen molar-refractivity contribution < 1.29 is 9.13 Å². The Morgan fingerprint density at radius 2 is 1.89 bits per heavy atom. The monoisotopic (exact) mass is 259 g/mol. The highest BCUT2D eigenvalue weighted by Crippen LogP contribution is 2.19. The summed E-state index contributed by atoms with van der Waals surface area (Å²) < 4.78 is 18.7. The topological polar surface area (TPSA) is 21.3 Å². The molecule has 0 aromatic heterocycles. The Balaban J connectivity index is 1.99. The number of rotatable bonds is 5. The second-order valence-electron chi connectivity index (χ2n) is 4.68. The summed E-state index contributed by atoms with van der Waals surface area (Å²) in [6.45, 7) is 4.57. The predicted molar refractivity (Wildman–Crippen MR) is 75.9 cm³/mol. The molecule has 2 nitrogen and oxygen atoms in total. The fraction of sp³-hybridized carbons (Fsp3) is 0.250. The SMILES string of the molecule is CC(C)Oc1cccc(NCc2cccc(F)c2)c1. The van der Waals surface area contributed by atoms with Crippen molar-refractivity contribution in [2.45, 2.75) is 26.5 Å². The molecule has 0 saturated heterocycles. The summed E-state index contributed by atoms with van der Waals surface area (Å²) in [5.74, 6) is 0.621. The molecule has 2 rings (SSSR count). The van der Waals surface area contributed by atoms with E-state index in [1.54, 1.807) is 6.07 Å². The number of halogens is 1. The molecule has 0 bridgehead atoms. The molecule has 0 aliphatic heterocycles. The van der Waals surface area contributed by atoms with Gasteiger partial charge >= 0.3 is 0 Å². The van der Waals surface area contributed by atoms with E-state index in [2.05, 4.69) is 5.32 Å². The lowest BCUT2D eigenvalue weighted by atomic mass is 10.2. The van der Waals surface area contributed by atoms with Crippen LogP contribution >= 0.6 is 0 Å². The molecular weight excluding hydrogens is 241 g/mol. The molecule has 0 radical (unpaired) electrons. The zero-order chi connectivity index (χ0) is 13.7. The molecule has 0 saturated carbocycles. The van der Waals surface area contributed by atoms with Crippen LogP contribution in [0.4, 0.5) is 10.1 Å². The van der Waals surface area contributed by atoms with E-state index in [9.17, 15) is 4.39 Å². The Morgan fingerprint density at radius 3 is 2.63 bits per heavy atom. The largest absolute Gasteiger partial charge is 0.491 e. The van der Waals surface area contributed by atoms with Gasteiger partial charge in [-0.1, -0.05) is 18.2 Å². The van der Waals surface area contributed by atoms with Gasteiger partial charge in [-0.2, -0.15) is 0 Å². The van der Waals surface area contributed by atoms with E-state index >= 15 is 0 Å². The number of anilines is 1. The van der Waals surface area contributed by atoms with Gasteiger partial charge in [0.15, 0.2) is 0 Å². The molecule has 1 N–H and O–H groups in total. The maximum absolute atomic E-state index is 13.1. The molecule has 0 amide bonds. The van der Waals surface area contributed by atoms with Gasteiger partial charge in [0.1, 0.15) is 11.6 Å². The first-order valence-electron chi connectivity index (χ1n) is 6.38. The fourth-order valence-electron chi connectivity index (χ4n) is 1.80. The second-order valence-corrected chi connectivity index (χ2v) is 4.68. The van der Waals surface area contributed by atoms with Crippen molar-refractivity contribution in [2.75, 3.05) is 5.32 Å². The van der Waals surface area contributed by atoms with E-state index in [4.69, 9.17) is 4.74 Å². The first kappa shape index (κ1) is 13.4. The third-order valence-electron chi connectivity index (χ3n) is 2.59. The number of hydrogen-bond acceptors (Lipinski definition) is 2. The third kappa shape index (κ3) is 4.28. The Labute approximate surface area is 113 Å². The maximum Gasteiger partial charge on any atom is 0.123 e. The Bertz CT molecular complexity index is 540. The minimum absolute atomic E-state index is 0.151. The van der Waals surface area contributed by atoms with E-state index in [0.717, 1.165) is 17.0 Å². The van der Waals surface area contributed by atoms with Crippen LogP contribution in [0.2, 0.25) is 0 Å². The highest BCUT2D eigenvalue weighted by Gasteiger charge is 2.00. The average Bonchev–Trinajstić information content (AvgIpc) is 2.36. The summed E-state index contributed by atoms with van der Waals surface area (Å²) >= 11 is 0. The molecule has 0 heterocycles. The van der Waals surface area contributed by atoms with Crippen molar-refractivity contribution in [1.82, 2.24) is 0 Å². The van der Waals surface area contributed by atoms with E-state index in [0.29, 0.717) is 6.54 Å². The van der Waals surface area contributed by atoms with Crippen LogP contribution in [0.3, 0.4) is 0 Å². The van der Waals surface area contributed by atoms with E-state index in [-0.39, 0.29) is 11.9 Å². The first-order valence-corrected chi connectivity index (χ1v) is 6.38. The molecule has 0 spiro atoms. The van der Waals surface area contributed by atoms with Crippen molar-refractivity contribution in [3.8, 4) is 5.75 Å². The standard InChI is InChI=1S/C16H18FNO/c1-12(2)19-16-8-4-7-15(10-16)18-11-13-5-3-6-14(17)9-13/h3-10,12,18H,11H2,1-2H3. The van der Waals surface area contributed by atoms with E-state index < -0.39 is 0 Å². The van der Waals surface area contributed by atoms with Crippen molar-refractivity contribution in [2.24, 2.45) is 0 Å². The molecule has 19 heavy (non-hydrogen) atoms. The number of benzene rings is 2. The van der Waals surface area contributed by atoms with Crippen LogP contribution in [0, 0.1) is 5.82 Å². The van der Waals surface area contributed by atoms with Crippen molar-refractivity contribution >= 4 is 5.69 Å². The van der Waals surface area contributed by atoms with Gasteiger partial charge < -0.3 is 10.1 Å². The summed E-state index contributed by atoms with van der Waals surface area (Å²) in [7, 11) is 0. The third-order valence-corrected chi connectivity index (χ3v) is 2.59. The highest BCUT2D eigenvalue weighted by atomic mass is 19.1. The van der Waals surface area contributed by atoms with E-state index in [1.165, 1.54) is 12.1 Å². The normalized spacial score (nSPS) is 10.5. The summed E-state index contributed by atoms with van der Waals surface area (Å²) in [5, 5.41) is 3.26. The molecule has 2 aromatic rings. The fourth-order valence-corrected chi connectivity index (χ4v) is 1.80. The molecule has 0 fully saturated rings.